The van der Waals surface area contributed by atoms with Gasteiger partial charge in [0.2, 0.25) is 0 Å². The predicted octanol–water partition coefficient (Wildman–Crippen LogP) is 5.31. The highest BCUT2D eigenvalue weighted by atomic mass is 79.9. The van der Waals surface area contributed by atoms with Crippen LogP contribution in [-0.2, 0) is 0 Å². The molecule has 0 unspecified atom stereocenters. The Morgan fingerprint density at radius 3 is 2.71 bits per heavy atom. The maximum Gasteiger partial charge on any atom is 0.336 e. The van der Waals surface area contributed by atoms with Crippen molar-refractivity contribution in [1.82, 2.24) is 4.98 Å². The number of benzene rings is 1. The molecule has 1 N–H and O–H groups in total. The predicted molar refractivity (Wildman–Crippen MR) is 90.3 cm³/mol. The Bertz CT molecular complexity index is 823. The summed E-state index contributed by atoms with van der Waals surface area (Å²) in [4.78, 5) is 16.4. The van der Waals surface area contributed by atoms with Crippen molar-refractivity contribution in [1.29, 1.82) is 0 Å². The number of rotatable bonds is 3. The van der Waals surface area contributed by atoms with Crippen molar-refractivity contribution in [2.45, 2.75) is 6.92 Å². The lowest BCUT2D eigenvalue weighted by Gasteiger charge is -2.00. The first-order valence-corrected chi connectivity index (χ1v) is 8.64. The zero-order valence-electron chi connectivity index (χ0n) is 11.0. The minimum absolute atomic E-state index is 0.308. The van der Waals surface area contributed by atoms with Crippen molar-refractivity contribution in [3.63, 3.8) is 0 Å². The van der Waals surface area contributed by atoms with E-state index in [2.05, 4.69) is 27.0 Å². The van der Waals surface area contributed by atoms with Crippen molar-refractivity contribution in [2.75, 3.05) is 0 Å². The van der Waals surface area contributed by atoms with E-state index in [-0.39, 0.29) is 0 Å². The number of carbonyl (C=O) groups is 1. The van der Waals surface area contributed by atoms with Crippen LogP contribution in [0.15, 0.2) is 39.5 Å². The van der Waals surface area contributed by atoms with E-state index in [0.29, 0.717) is 5.56 Å². The molecule has 0 fully saturated rings. The third-order valence-electron chi connectivity index (χ3n) is 3.02. The van der Waals surface area contributed by atoms with Crippen molar-refractivity contribution in [3.05, 3.63) is 50.6 Å². The molecule has 0 spiro atoms. The molecule has 2 heterocycles. The topological polar surface area (TPSA) is 50.2 Å². The van der Waals surface area contributed by atoms with E-state index in [1.54, 1.807) is 22.8 Å². The van der Waals surface area contributed by atoms with Crippen LogP contribution in [0.4, 0.5) is 0 Å². The molecule has 0 saturated heterocycles. The molecule has 0 amide bonds. The van der Waals surface area contributed by atoms with Gasteiger partial charge in [-0.15, -0.1) is 22.7 Å². The van der Waals surface area contributed by atoms with Crippen molar-refractivity contribution >= 4 is 44.6 Å². The average Bonchev–Trinajstić information content (AvgIpc) is 3.09. The number of aryl methyl sites for hydroxylation is 1. The van der Waals surface area contributed by atoms with Gasteiger partial charge in [-0.25, -0.2) is 9.78 Å². The summed E-state index contributed by atoms with van der Waals surface area (Å²) in [5, 5.41) is 13.5. The van der Waals surface area contributed by atoms with Crippen molar-refractivity contribution < 1.29 is 9.90 Å². The summed E-state index contributed by atoms with van der Waals surface area (Å²) in [6.45, 7) is 2.04. The Labute approximate surface area is 138 Å². The van der Waals surface area contributed by atoms with E-state index in [1.807, 2.05) is 24.4 Å². The van der Waals surface area contributed by atoms with Crippen LogP contribution in [0, 0.1) is 6.92 Å². The highest BCUT2D eigenvalue weighted by Gasteiger charge is 2.12. The van der Waals surface area contributed by atoms with Crippen LogP contribution in [0.25, 0.3) is 21.1 Å². The number of hydrogen-bond donors (Lipinski definition) is 1. The van der Waals surface area contributed by atoms with Crippen LogP contribution in [0.5, 0.6) is 0 Å². The molecule has 106 valence electrons. The third kappa shape index (κ3) is 2.92. The second-order valence-corrected chi connectivity index (χ2v) is 7.13. The normalized spacial score (nSPS) is 10.8. The lowest BCUT2D eigenvalue weighted by Crippen LogP contribution is -1.91. The molecule has 0 aliphatic carbocycles. The summed E-state index contributed by atoms with van der Waals surface area (Å²) in [5.41, 5.74) is 3.37. The molecule has 3 aromatic rings. The summed E-state index contributed by atoms with van der Waals surface area (Å²) in [6, 6.07) is 7.81. The molecule has 0 atom stereocenters. The molecule has 0 radical (unpaired) electrons. The average molecular weight is 380 g/mol. The summed E-state index contributed by atoms with van der Waals surface area (Å²) in [7, 11) is 0. The van der Waals surface area contributed by atoms with E-state index in [9.17, 15) is 4.79 Å². The van der Waals surface area contributed by atoms with Crippen molar-refractivity contribution in [3.8, 4) is 21.1 Å². The molecule has 0 bridgehead atoms. The smallest absolute Gasteiger partial charge is 0.336 e. The zero-order valence-corrected chi connectivity index (χ0v) is 14.2. The fourth-order valence-electron chi connectivity index (χ4n) is 1.83. The number of hydrogen-bond acceptors (Lipinski definition) is 4. The minimum atomic E-state index is -0.907. The number of aromatic carboxylic acids is 1. The molecule has 3 rings (SSSR count). The fraction of sp³-hybridized carbons (Fsp3) is 0.0667. The fourth-order valence-corrected chi connectivity index (χ4v) is 3.94. The van der Waals surface area contributed by atoms with Crippen LogP contribution in [-0.4, -0.2) is 16.1 Å². The van der Waals surface area contributed by atoms with Gasteiger partial charge in [0.1, 0.15) is 5.01 Å². The molecule has 0 aliphatic rings. The van der Waals surface area contributed by atoms with Crippen molar-refractivity contribution in [2.24, 2.45) is 0 Å². The Balaban J connectivity index is 1.95. The van der Waals surface area contributed by atoms with E-state index < -0.39 is 5.97 Å². The van der Waals surface area contributed by atoms with Crippen LogP contribution < -0.4 is 0 Å². The molecule has 6 heteroatoms. The Kier molecular flexibility index (Phi) is 3.93. The molecule has 2 aromatic heterocycles. The van der Waals surface area contributed by atoms with E-state index in [4.69, 9.17) is 5.11 Å². The van der Waals surface area contributed by atoms with Gasteiger partial charge in [0.25, 0.3) is 0 Å². The number of aromatic nitrogens is 1. The summed E-state index contributed by atoms with van der Waals surface area (Å²) < 4.78 is 1.06. The van der Waals surface area contributed by atoms with Gasteiger partial charge in [-0.05, 0) is 24.6 Å². The SMILES string of the molecule is Cc1ccc(-c2nc(-c3cc(C(=O)O)cs3)cs2)cc1Br. The van der Waals surface area contributed by atoms with E-state index in [0.717, 1.165) is 25.6 Å². The molecule has 0 aliphatic heterocycles. The summed E-state index contributed by atoms with van der Waals surface area (Å²) >= 11 is 6.48. The molecular formula is C15H10BrNO2S2. The number of carboxylic acids is 1. The highest BCUT2D eigenvalue weighted by molar-refractivity contribution is 9.10. The van der Waals surface area contributed by atoms with Gasteiger partial charge < -0.3 is 5.11 Å². The molecule has 1 aromatic carbocycles. The van der Waals surface area contributed by atoms with Gasteiger partial charge in [-0.1, -0.05) is 28.1 Å². The summed E-state index contributed by atoms with van der Waals surface area (Å²) in [6.07, 6.45) is 0. The first kappa shape index (κ1) is 14.4. The first-order valence-electron chi connectivity index (χ1n) is 6.09. The molecule has 21 heavy (non-hydrogen) atoms. The molecule has 0 saturated carbocycles. The number of thiazole rings is 1. The molecular weight excluding hydrogens is 370 g/mol. The van der Waals surface area contributed by atoms with Gasteiger partial charge in [-0.2, -0.15) is 0 Å². The van der Waals surface area contributed by atoms with E-state index in [1.165, 1.54) is 16.9 Å². The van der Waals surface area contributed by atoms with Crippen LogP contribution in [0.2, 0.25) is 0 Å². The standard InChI is InChI=1S/C15H10BrNO2S2/c1-8-2-3-9(4-11(8)16)14-17-12(7-21-14)13-5-10(6-20-13)15(18)19/h2-7H,1H3,(H,18,19). The largest absolute Gasteiger partial charge is 0.478 e. The number of carboxylic acid groups (broad SMARTS) is 1. The highest BCUT2D eigenvalue weighted by Crippen LogP contribution is 2.33. The second kappa shape index (κ2) is 5.71. The summed E-state index contributed by atoms with van der Waals surface area (Å²) in [5.74, 6) is -0.907. The number of nitrogens with zero attached hydrogens (tertiary/aromatic N) is 1. The maximum atomic E-state index is 10.9. The third-order valence-corrected chi connectivity index (χ3v) is 5.72. The first-order chi connectivity index (χ1) is 10.0. The number of thiophene rings is 1. The van der Waals surface area contributed by atoms with Crippen LogP contribution in [0.3, 0.4) is 0 Å². The Hall–Kier alpha value is -1.50. The minimum Gasteiger partial charge on any atom is -0.478 e. The monoisotopic (exact) mass is 379 g/mol. The van der Waals surface area contributed by atoms with Gasteiger partial charge >= 0.3 is 5.97 Å². The van der Waals surface area contributed by atoms with Gasteiger partial charge in [0.15, 0.2) is 0 Å². The quantitative estimate of drug-likeness (QED) is 0.670. The van der Waals surface area contributed by atoms with Gasteiger partial charge in [0.05, 0.1) is 16.1 Å². The Morgan fingerprint density at radius 1 is 1.24 bits per heavy atom. The van der Waals surface area contributed by atoms with E-state index >= 15 is 0 Å². The van der Waals surface area contributed by atoms with Crippen LogP contribution >= 0.6 is 38.6 Å². The van der Waals surface area contributed by atoms with Crippen LogP contribution in [0.1, 0.15) is 15.9 Å². The lowest BCUT2D eigenvalue weighted by molar-refractivity contribution is 0.0697. The zero-order chi connectivity index (χ0) is 15.0. The second-order valence-electron chi connectivity index (χ2n) is 4.51. The Morgan fingerprint density at radius 2 is 2.05 bits per heavy atom. The molecule has 3 nitrogen and oxygen atoms in total. The maximum absolute atomic E-state index is 10.9. The number of halogens is 1. The lowest BCUT2D eigenvalue weighted by atomic mass is 10.2. The van der Waals surface area contributed by atoms with Gasteiger partial charge in [0, 0.05) is 20.8 Å². The van der Waals surface area contributed by atoms with Gasteiger partial charge in [-0.3, -0.25) is 0 Å².